The molecule has 8 aliphatic rings. The fraction of sp³-hybridized carbons (Fsp3) is 0.409. The number of nitrogens with zero attached hydrogens (tertiary/aromatic N) is 12. The first-order valence-corrected chi connectivity index (χ1v) is 42.8. The normalized spacial score (nSPS) is 15.6. The van der Waals surface area contributed by atoms with E-state index >= 15 is 0 Å². The maximum atomic E-state index is 14.0. The van der Waals surface area contributed by atoms with Crippen LogP contribution in [0.4, 0.5) is 52.7 Å². The SMILES string of the molecule is CCCCOc1c2n(cc(C(=O)NCc3c(F)cc(F)cc3F)c1=O)N1CCCCCN(C1)C2=O.CCCCOc1c2n(cc(C(=O)NCc3c(F)cc(F)cc3F)c1=O)N1CCCCCN(C1)C2=O.O=C(NCc1c(F)cc(F)cc1F)c1cn2c(c(O)c1=O)C(=O)N1CCCCCN2C1.O=C(NCc1c(F)cc(F)cc1F)c1cn2c(c(O)c1=O)C(=O)N1CCCCCN2C1. The lowest BCUT2D eigenvalue weighted by Gasteiger charge is -2.41. The third-order valence-electron chi connectivity index (χ3n) is 23.1. The fourth-order valence-corrected chi connectivity index (χ4v) is 16.0. The van der Waals surface area contributed by atoms with E-state index in [1.54, 1.807) is 19.8 Å². The van der Waals surface area contributed by atoms with Crippen LogP contribution in [0.3, 0.4) is 0 Å². The number of aromatic nitrogens is 4. The Balaban J connectivity index is 0.000000150. The van der Waals surface area contributed by atoms with Crippen molar-refractivity contribution in [2.45, 2.75) is 143 Å². The molecule has 44 heteroatoms. The lowest BCUT2D eigenvalue weighted by atomic mass is 10.1. The van der Waals surface area contributed by atoms with Crippen molar-refractivity contribution in [2.75, 3.05) is 112 Å². The molecule has 8 bridgehead atoms. The molecule has 12 heterocycles. The van der Waals surface area contributed by atoms with Gasteiger partial charge in [-0.1, -0.05) is 26.7 Å². The number of pyridine rings is 4. The summed E-state index contributed by atoms with van der Waals surface area (Å²) in [5.41, 5.74) is -7.91. The predicted molar refractivity (Wildman–Crippen MR) is 448 cm³/mol. The molecule has 0 radical (unpaired) electrons. The molecule has 0 saturated carbocycles. The van der Waals surface area contributed by atoms with Gasteiger partial charge in [0, 0.05) is 174 Å². The number of hydrogen-bond donors (Lipinski definition) is 6. The largest absolute Gasteiger partial charge is 0.502 e. The second-order valence-corrected chi connectivity index (χ2v) is 32.1. The van der Waals surface area contributed by atoms with Gasteiger partial charge in [0.1, 0.15) is 119 Å². The lowest BCUT2D eigenvalue weighted by molar-refractivity contribution is 0.0662. The van der Waals surface area contributed by atoms with Gasteiger partial charge in [-0.3, -0.25) is 96.3 Å². The number of carbonyl (C=O) groups excluding carboxylic acids is 8. The molecular weight excluding hydrogens is 1770 g/mol. The van der Waals surface area contributed by atoms with E-state index in [0.29, 0.717) is 127 Å². The smallest absolute Gasteiger partial charge is 0.277 e. The second-order valence-electron chi connectivity index (χ2n) is 32.1. The zero-order chi connectivity index (χ0) is 94.8. The van der Waals surface area contributed by atoms with Gasteiger partial charge in [0.25, 0.3) is 47.3 Å². The molecule has 4 saturated heterocycles. The first kappa shape index (κ1) is 95.6. The summed E-state index contributed by atoms with van der Waals surface area (Å²) < 4.78 is 181. The van der Waals surface area contributed by atoms with E-state index in [-0.39, 0.29) is 83.8 Å². The molecule has 704 valence electrons. The summed E-state index contributed by atoms with van der Waals surface area (Å²) in [7, 11) is 0. The number of amides is 8. The number of ether oxygens (including phenoxy) is 2. The highest BCUT2D eigenvalue weighted by atomic mass is 19.2. The van der Waals surface area contributed by atoms with Crippen molar-refractivity contribution in [3.8, 4) is 23.0 Å². The van der Waals surface area contributed by atoms with E-state index < -0.39 is 198 Å². The zero-order valence-corrected chi connectivity index (χ0v) is 71.5. The number of aromatic hydroxyl groups is 2. The summed E-state index contributed by atoms with van der Waals surface area (Å²) in [5.74, 6) is -21.4. The van der Waals surface area contributed by atoms with Gasteiger partial charge in [0.2, 0.25) is 21.7 Å². The van der Waals surface area contributed by atoms with Crippen molar-refractivity contribution in [1.82, 2.24) is 59.6 Å². The summed E-state index contributed by atoms with van der Waals surface area (Å²) >= 11 is 0. The molecule has 0 spiro atoms. The average molecular weight is 1860 g/mol. The van der Waals surface area contributed by atoms with Crippen LogP contribution in [0.1, 0.15) is 222 Å². The maximum Gasteiger partial charge on any atom is 0.277 e. The number of hydrogen-bond acceptors (Lipinski definition) is 20. The minimum atomic E-state index is -1.19. The Kier molecular flexibility index (Phi) is 30.3. The molecule has 4 aromatic carbocycles. The number of fused-ring (bicyclic) bond motifs is 16. The van der Waals surface area contributed by atoms with E-state index in [1.807, 2.05) is 23.9 Å². The van der Waals surface area contributed by atoms with E-state index in [9.17, 15) is 120 Å². The molecule has 0 atom stereocenters. The van der Waals surface area contributed by atoms with Crippen molar-refractivity contribution >= 4 is 47.3 Å². The molecule has 4 fully saturated rings. The Morgan fingerprint density at radius 2 is 0.523 bits per heavy atom. The summed E-state index contributed by atoms with van der Waals surface area (Å²) in [5, 5.41) is 37.1. The van der Waals surface area contributed by atoms with Gasteiger partial charge in [-0.05, 0) is 89.9 Å². The van der Waals surface area contributed by atoms with Crippen molar-refractivity contribution in [1.29, 1.82) is 0 Å². The number of halogens is 12. The standard InChI is InChI=1S/2C24H27F3N4O4.2C20H19F3N4O4/c2*1-2-3-9-35-22-20-24(34)29-7-5-4-6-8-30(14-29)31(20)13-17(21(22)32)23(33)28-12-16-18(26)10-15(25)11-19(16)27;2*21-11-6-14(22)12(15(23)7-11)8-24-19(30)13-9-27-16(18(29)17(13)28)20(31)25-4-2-1-3-5-26(27)10-25/h2*10-11,13H,2-9,12,14H2,1H3,(H,28,33);2*6-7,9,29H,1-5,8,10H2,(H,24,30). The number of unbranched alkanes of at least 4 members (excludes halogenated alkanes) is 2. The summed E-state index contributed by atoms with van der Waals surface area (Å²) in [6.45, 7) is 7.20. The monoisotopic (exact) mass is 1860 g/mol. The van der Waals surface area contributed by atoms with Crippen LogP contribution in [0.5, 0.6) is 23.0 Å². The van der Waals surface area contributed by atoms with Crippen LogP contribution in [0.25, 0.3) is 0 Å². The third-order valence-corrected chi connectivity index (χ3v) is 23.1. The van der Waals surface area contributed by atoms with Crippen LogP contribution in [-0.2, 0) is 26.2 Å². The van der Waals surface area contributed by atoms with Gasteiger partial charge < -0.3 is 60.6 Å². The Bertz CT molecular complexity index is 5660. The van der Waals surface area contributed by atoms with Crippen LogP contribution in [-0.4, -0.2) is 188 Å². The van der Waals surface area contributed by atoms with Crippen molar-refractivity contribution in [3.63, 3.8) is 0 Å². The lowest BCUT2D eigenvalue weighted by Crippen LogP contribution is -2.56. The third kappa shape index (κ3) is 20.7. The highest BCUT2D eigenvalue weighted by Crippen LogP contribution is 2.32. The molecule has 0 unspecified atom stereocenters. The van der Waals surface area contributed by atoms with Gasteiger partial charge in [0.05, 0.1) is 13.2 Å². The van der Waals surface area contributed by atoms with Crippen LogP contribution >= 0.6 is 0 Å². The van der Waals surface area contributed by atoms with Gasteiger partial charge in [-0.2, -0.15) is 0 Å². The minimum absolute atomic E-state index is 0.0615. The predicted octanol–water partition coefficient (Wildman–Crippen LogP) is 8.69. The van der Waals surface area contributed by atoms with Crippen LogP contribution < -0.4 is 72.5 Å². The first-order valence-electron chi connectivity index (χ1n) is 42.8. The molecule has 8 aliphatic heterocycles. The molecule has 32 nitrogen and oxygen atoms in total. The molecule has 132 heavy (non-hydrogen) atoms. The van der Waals surface area contributed by atoms with E-state index in [2.05, 4.69) is 21.3 Å². The minimum Gasteiger partial charge on any atom is -0.502 e. The van der Waals surface area contributed by atoms with Gasteiger partial charge in [0.15, 0.2) is 45.8 Å². The van der Waals surface area contributed by atoms with E-state index in [1.165, 1.54) is 40.9 Å². The summed E-state index contributed by atoms with van der Waals surface area (Å²) in [4.78, 5) is 161. The van der Waals surface area contributed by atoms with Crippen molar-refractivity contribution in [3.05, 3.63) is 251 Å². The van der Waals surface area contributed by atoms with Crippen molar-refractivity contribution in [2.24, 2.45) is 0 Å². The van der Waals surface area contributed by atoms with Crippen LogP contribution in [0.2, 0.25) is 0 Å². The molecule has 6 N–H and O–H groups in total. The molecule has 0 aliphatic carbocycles. The quantitative estimate of drug-likeness (QED) is 0.0307. The molecule has 4 aromatic heterocycles. The first-order chi connectivity index (χ1) is 63.2. The number of nitrogens with one attached hydrogen (secondary N) is 4. The van der Waals surface area contributed by atoms with E-state index in [0.717, 1.165) is 102 Å². The number of carbonyl (C=O) groups is 8. The van der Waals surface area contributed by atoms with Gasteiger partial charge in [-0.25, -0.2) is 52.7 Å². The van der Waals surface area contributed by atoms with E-state index in [4.69, 9.17) is 9.47 Å². The Morgan fingerprint density at radius 3 is 0.758 bits per heavy atom. The highest BCUT2D eigenvalue weighted by Gasteiger charge is 2.41. The molecule has 16 rings (SSSR count). The molecular formula is C88H92F12N16O16. The van der Waals surface area contributed by atoms with Crippen LogP contribution in [0, 0.1) is 69.8 Å². The van der Waals surface area contributed by atoms with Gasteiger partial charge >= 0.3 is 0 Å². The fourth-order valence-electron chi connectivity index (χ4n) is 16.0. The molecule has 8 amide bonds. The Labute approximate surface area is 743 Å². The van der Waals surface area contributed by atoms with Crippen molar-refractivity contribution < 1.29 is 111 Å². The Morgan fingerprint density at radius 1 is 0.311 bits per heavy atom. The summed E-state index contributed by atoms with van der Waals surface area (Å²) in [6, 6.07) is 3.95. The average Bonchev–Trinajstić information content (AvgIpc) is 0.748. The second kappa shape index (κ2) is 41.8. The van der Waals surface area contributed by atoms with Gasteiger partial charge in [-0.15, -0.1) is 0 Å². The van der Waals surface area contributed by atoms with Crippen LogP contribution in [0.15, 0.2) is 92.5 Å². The number of rotatable bonds is 20. The maximum absolute atomic E-state index is 14.0. The molecule has 8 aromatic rings. The highest BCUT2D eigenvalue weighted by molar-refractivity contribution is 6.03. The number of benzene rings is 4. The Hall–Kier alpha value is -14.0. The topological polar surface area (TPSA) is 358 Å². The summed E-state index contributed by atoms with van der Waals surface area (Å²) in [6.07, 6.45) is 18.0. The zero-order valence-electron chi connectivity index (χ0n) is 71.5.